The van der Waals surface area contributed by atoms with Gasteiger partial charge in [-0.2, -0.15) is 0 Å². The molecule has 0 aliphatic carbocycles. The zero-order valence-corrected chi connectivity index (χ0v) is 19.8. The summed E-state index contributed by atoms with van der Waals surface area (Å²) in [5.74, 6) is -0.107. The maximum atomic E-state index is 13.2. The quantitative estimate of drug-likeness (QED) is 0.396. The van der Waals surface area contributed by atoms with Crippen LogP contribution in [0.3, 0.4) is 0 Å². The van der Waals surface area contributed by atoms with Gasteiger partial charge in [-0.1, -0.05) is 78.9 Å². The average Bonchev–Trinajstić information content (AvgIpc) is 3.07. The largest absolute Gasteiger partial charge is 0.345 e. The first-order valence-corrected chi connectivity index (χ1v) is 12.8. The zero-order chi connectivity index (χ0) is 23.7. The summed E-state index contributed by atoms with van der Waals surface area (Å²) in [6.45, 7) is 2.29. The van der Waals surface area contributed by atoms with Crippen LogP contribution in [-0.2, 0) is 14.8 Å². The molecule has 0 saturated carbocycles. The van der Waals surface area contributed by atoms with E-state index in [0.29, 0.717) is 17.0 Å². The van der Waals surface area contributed by atoms with E-state index in [2.05, 4.69) is 5.32 Å². The maximum Gasteiger partial charge on any atom is 0.265 e. The van der Waals surface area contributed by atoms with Crippen LogP contribution in [0, 0.1) is 6.92 Å². The van der Waals surface area contributed by atoms with Gasteiger partial charge < -0.3 is 5.32 Å². The van der Waals surface area contributed by atoms with Crippen LogP contribution in [0.1, 0.15) is 35.6 Å². The van der Waals surface area contributed by atoms with Crippen molar-refractivity contribution in [1.82, 2.24) is 5.32 Å². The van der Waals surface area contributed by atoms with Crippen LogP contribution in [0.15, 0.2) is 95.9 Å². The van der Waals surface area contributed by atoms with E-state index in [4.69, 9.17) is 0 Å². The molecule has 0 aromatic heterocycles. The van der Waals surface area contributed by atoms with Crippen molar-refractivity contribution in [3.63, 3.8) is 0 Å². The van der Waals surface area contributed by atoms with Crippen molar-refractivity contribution in [2.45, 2.75) is 30.7 Å². The van der Waals surface area contributed by atoms with Crippen molar-refractivity contribution in [1.29, 1.82) is 0 Å². The molecule has 1 aliphatic heterocycles. The van der Waals surface area contributed by atoms with E-state index in [1.54, 1.807) is 12.1 Å². The number of amides is 1. The van der Waals surface area contributed by atoms with Gasteiger partial charge in [0.1, 0.15) is 0 Å². The number of hydrogen-bond acceptors (Lipinski definition) is 3. The SMILES string of the molecule is Cc1ccccc1[C@@H](NC(=O)CCCN1c2cccc3cccc(c23)S1(=O)=O)c1ccccc1. The van der Waals surface area contributed by atoms with Crippen molar-refractivity contribution in [3.8, 4) is 0 Å². The standard InChI is InChI=1S/C28H26N2O3S/c1-20-10-5-6-15-23(20)28(22-11-3-2-4-12-22)29-26(31)18-9-19-30-24-16-7-13-21-14-8-17-25(27(21)24)34(30,32)33/h2-8,10-17,28H,9,18-19H2,1H3,(H,29,31)/t28-/m0/s1. The van der Waals surface area contributed by atoms with E-state index in [9.17, 15) is 13.2 Å². The summed E-state index contributed by atoms with van der Waals surface area (Å²) in [4.78, 5) is 13.3. The van der Waals surface area contributed by atoms with Gasteiger partial charge in [0.05, 0.1) is 16.6 Å². The van der Waals surface area contributed by atoms with Gasteiger partial charge in [0.15, 0.2) is 0 Å². The van der Waals surface area contributed by atoms with Crippen LogP contribution < -0.4 is 9.62 Å². The Labute approximate surface area is 200 Å². The minimum atomic E-state index is -3.61. The number of aryl methyl sites for hydroxylation is 1. The van der Waals surface area contributed by atoms with Gasteiger partial charge >= 0.3 is 0 Å². The first kappa shape index (κ1) is 22.2. The highest BCUT2D eigenvalue weighted by Crippen LogP contribution is 2.42. The van der Waals surface area contributed by atoms with E-state index in [0.717, 1.165) is 27.5 Å². The lowest BCUT2D eigenvalue weighted by atomic mass is 9.95. The van der Waals surface area contributed by atoms with Gasteiger partial charge in [0.25, 0.3) is 10.0 Å². The Balaban J connectivity index is 1.31. The Morgan fingerprint density at radius 1 is 0.882 bits per heavy atom. The second-order valence-electron chi connectivity index (χ2n) is 8.58. The third kappa shape index (κ3) is 3.94. The highest BCUT2D eigenvalue weighted by Gasteiger charge is 2.35. The molecule has 4 aromatic carbocycles. The van der Waals surface area contributed by atoms with Gasteiger partial charge in [-0.3, -0.25) is 9.10 Å². The van der Waals surface area contributed by atoms with Gasteiger partial charge in [0.2, 0.25) is 5.91 Å². The number of anilines is 1. The molecule has 1 amide bonds. The number of rotatable bonds is 7. The molecule has 5 rings (SSSR count). The van der Waals surface area contributed by atoms with Gasteiger partial charge in [0, 0.05) is 18.4 Å². The van der Waals surface area contributed by atoms with Crippen molar-refractivity contribution >= 4 is 32.4 Å². The third-order valence-electron chi connectivity index (χ3n) is 6.38. The summed E-state index contributed by atoms with van der Waals surface area (Å²) in [5.41, 5.74) is 3.85. The molecule has 5 nitrogen and oxygen atoms in total. The lowest BCUT2D eigenvalue weighted by Crippen LogP contribution is -2.32. The summed E-state index contributed by atoms with van der Waals surface area (Å²) in [5, 5.41) is 4.83. The van der Waals surface area contributed by atoms with Crippen molar-refractivity contribution in [2.24, 2.45) is 0 Å². The Morgan fingerprint density at radius 2 is 1.59 bits per heavy atom. The molecule has 1 aliphatic rings. The molecule has 0 saturated heterocycles. The second kappa shape index (κ2) is 8.95. The van der Waals surface area contributed by atoms with Crippen LogP contribution in [0.5, 0.6) is 0 Å². The third-order valence-corrected chi connectivity index (χ3v) is 8.24. The molecule has 0 radical (unpaired) electrons. The van der Waals surface area contributed by atoms with Crippen LogP contribution in [0.2, 0.25) is 0 Å². The molecule has 1 atom stereocenters. The molecule has 0 spiro atoms. The predicted molar refractivity (Wildman–Crippen MR) is 135 cm³/mol. The Bertz CT molecular complexity index is 1460. The lowest BCUT2D eigenvalue weighted by molar-refractivity contribution is -0.121. The highest BCUT2D eigenvalue weighted by atomic mass is 32.2. The zero-order valence-electron chi connectivity index (χ0n) is 18.9. The molecule has 0 bridgehead atoms. The summed E-state index contributed by atoms with van der Waals surface area (Å²) >= 11 is 0. The monoisotopic (exact) mass is 470 g/mol. The highest BCUT2D eigenvalue weighted by molar-refractivity contribution is 7.93. The van der Waals surface area contributed by atoms with E-state index >= 15 is 0 Å². The van der Waals surface area contributed by atoms with Gasteiger partial charge in [-0.05, 0) is 47.6 Å². The van der Waals surface area contributed by atoms with E-state index in [-0.39, 0.29) is 24.9 Å². The van der Waals surface area contributed by atoms with E-state index in [1.807, 2.05) is 85.8 Å². The van der Waals surface area contributed by atoms with E-state index in [1.165, 1.54) is 4.31 Å². The molecule has 6 heteroatoms. The smallest absolute Gasteiger partial charge is 0.265 e. The normalized spacial score (nSPS) is 14.8. The van der Waals surface area contributed by atoms with Crippen LogP contribution in [-0.4, -0.2) is 20.9 Å². The molecule has 4 aromatic rings. The Kier molecular flexibility index (Phi) is 5.84. The molecule has 1 N–H and O–H groups in total. The fraction of sp³-hybridized carbons (Fsp3) is 0.179. The van der Waals surface area contributed by atoms with Crippen LogP contribution in [0.4, 0.5) is 5.69 Å². The fourth-order valence-electron chi connectivity index (χ4n) is 4.71. The minimum Gasteiger partial charge on any atom is -0.345 e. The average molecular weight is 471 g/mol. The summed E-state index contributed by atoms with van der Waals surface area (Å²) in [6, 6.07) is 28.6. The number of nitrogens with one attached hydrogen (secondary N) is 1. The van der Waals surface area contributed by atoms with Crippen molar-refractivity contribution in [2.75, 3.05) is 10.8 Å². The van der Waals surface area contributed by atoms with Crippen molar-refractivity contribution in [3.05, 3.63) is 108 Å². The number of sulfonamides is 1. The number of carbonyl (C=O) groups is 1. The first-order valence-electron chi connectivity index (χ1n) is 11.4. The number of carbonyl (C=O) groups excluding carboxylic acids is 1. The van der Waals surface area contributed by atoms with Crippen molar-refractivity contribution < 1.29 is 13.2 Å². The Hall–Kier alpha value is -3.64. The molecule has 0 fully saturated rings. The minimum absolute atomic E-state index is 0.107. The van der Waals surface area contributed by atoms with Gasteiger partial charge in [-0.25, -0.2) is 8.42 Å². The van der Waals surface area contributed by atoms with Gasteiger partial charge in [-0.15, -0.1) is 0 Å². The number of nitrogens with zero attached hydrogens (tertiary/aromatic N) is 1. The summed E-state index contributed by atoms with van der Waals surface area (Å²) in [6.07, 6.45) is 0.651. The number of benzene rings is 4. The molecule has 0 unspecified atom stereocenters. The molecular formula is C28H26N2O3S. The van der Waals surface area contributed by atoms with Crippen LogP contribution in [0.25, 0.3) is 10.8 Å². The second-order valence-corrected chi connectivity index (χ2v) is 10.4. The van der Waals surface area contributed by atoms with Crippen LogP contribution >= 0.6 is 0 Å². The summed E-state index contributed by atoms with van der Waals surface area (Å²) in [7, 11) is -3.61. The molecule has 34 heavy (non-hydrogen) atoms. The van der Waals surface area contributed by atoms with E-state index < -0.39 is 10.0 Å². The predicted octanol–water partition coefficient (Wildman–Crippen LogP) is 5.34. The topological polar surface area (TPSA) is 66.5 Å². The Morgan fingerprint density at radius 3 is 2.35 bits per heavy atom. The maximum absolute atomic E-state index is 13.2. The lowest BCUT2D eigenvalue weighted by Gasteiger charge is -2.22. The summed E-state index contributed by atoms with van der Waals surface area (Å²) < 4.78 is 27.7. The fourth-order valence-corrected chi connectivity index (χ4v) is 6.46. The molecule has 1 heterocycles. The molecule has 172 valence electrons. The number of hydrogen-bond donors (Lipinski definition) is 1. The molecular weight excluding hydrogens is 444 g/mol. The first-order chi connectivity index (χ1) is 16.5.